The topological polar surface area (TPSA) is 0 Å². The Kier molecular flexibility index (Phi) is 0.774. The van der Waals surface area contributed by atoms with Crippen LogP contribution in [-0.2, 0) is 0 Å². The summed E-state index contributed by atoms with van der Waals surface area (Å²) < 4.78 is 0. The lowest BCUT2D eigenvalue weighted by Crippen LogP contribution is -1.92. The minimum Gasteiger partial charge on any atom is -0.0950 e. The molecule has 2 atom stereocenters. The highest BCUT2D eigenvalue weighted by atomic mass is 14.4. The molecule has 0 nitrogen and oxygen atoms in total. The number of fused-ring (bicyclic) bond motifs is 2. The van der Waals surface area contributed by atoms with Gasteiger partial charge in [-0.15, -0.1) is 0 Å². The van der Waals surface area contributed by atoms with E-state index in [1.807, 2.05) is 0 Å². The van der Waals surface area contributed by atoms with E-state index in [4.69, 9.17) is 0 Å². The molecule has 0 amide bonds. The third kappa shape index (κ3) is 0.481. The molecule has 1 saturated carbocycles. The predicted octanol–water partition coefficient (Wildman–Crippen LogP) is 2.30. The average molecular weight is 118 g/mol. The highest BCUT2D eigenvalue weighted by Crippen LogP contribution is 2.45. The van der Waals surface area contributed by atoms with Gasteiger partial charge in [-0.2, -0.15) is 0 Å². The molecule has 2 bridgehead atoms. The van der Waals surface area contributed by atoms with Crippen LogP contribution >= 0.6 is 0 Å². The van der Waals surface area contributed by atoms with Crippen molar-refractivity contribution in [1.29, 1.82) is 0 Å². The summed E-state index contributed by atoms with van der Waals surface area (Å²) in [5, 5.41) is 0. The number of hydrogen-bond acceptors (Lipinski definition) is 0. The Labute approximate surface area is 55.6 Å². The van der Waals surface area contributed by atoms with Gasteiger partial charge in [0.1, 0.15) is 0 Å². The maximum absolute atomic E-state index is 3.97. The summed E-state index contributed by atoms with van der Waals surface area (Å²) in [6, 6.07) is 0. The largest absolute Gasteiger partial charge is 0.0950 e. The molecule has 0 aromatic rings. The molecular weight excluding hydrogens is 108 g/mol. The molecule has 0 saturated heterocycles. The molecule has 0 radical (unpaired) electrons. The standard InChI is InChI=1S/C9H10/c1-6-7(2)9-4-3-8(6)5-9/h3-4,8-9H,1-2,5H2/t8-,9?/m0/s1. The Morgan fingerprint density at radius 3 is 1.78 bits per heavy atom. The van der Waals surface area contributed by atoms with Gasteiger partial charge >= 0.3 is 0 Å². The Bertz CT molecular complexity index is 186. The molecule has 0 aromatic heterocycles. The Balaban J connectivity index is 2.47. The zero-order valence-corrected chi connectivity index (χ0v) is 5.43. The van der Waals surface area contributed by atoms with Crippen LogP contribution in [0.25, 0.3) is 0 Å². The van der Waals surface area contributed by atoms with Crippen LogP contribution < -0.4 is 0 Å². The van der Waals surface area contributed by atoms with E-state index >= 15 is 0 Å². The molecule has 2 aliphatic carbocycles. The van der Waals surface area contributed by atoms with Gasteiger partial charge < -0.3 is 0 Å². The van der Waals surface area contributed by atoms with Gasteiger partial charge in [0.05, 0.1) is 0 Å². The molecule has 1 unspecified atom stereocenters. The van der Waals surface area contributed by atoms with Gasteiger partial charge in [0, 0.05) is 11.8 Å². The van der Waals surface area contributed by atoms with Gasteiger partial charge in [0.25, 0.3) is 0 Å². The van der Waals surface area contributed by atoms with Crippen LogP contribution in [0.1, 0.15) is 6.42 Å². The van der Waals surface area contributed by atoms with E-state index in [1.165, 1.54) is 17.6 Å². The van der Waals surface area contributed by atoms with E-state index in [1.54, 1.807) is 0 Å². The quantitative estimate of drug-likeness (QED) is 0.428. The zero-order chi connectivity index (χ0) is 6.43. The second-order valence-electron chi connectivity index (χ2n) is 2.88. The van der Waals surface area contributed by atoms with E-state index in [0.29, 0.717) is 11.8 Å². The van der Waals surface area contributed by atoms with Crippen LogP contribution in [0.2, 0.25) is 0 Å². The van der Waals surface area contributed by atoms with Crippen molar-refractivity contribution in [2.24, 2.45) is 11.8 Å². The predicted molar refractivity (Wildman–Crippen MR) is 39.0 cm³/mol. The van der Waals surface area contributed by atoms with E-state index in [0.717, 1.165) is 0 Å². The fourth-order valence-electron chi connectivity index (χ4n) is 1.69. The first-order valence-electron chi connectivity index (χ1n) is 3.35. The molecule has 0 aromatic carbocycles. The minimum atomic E-state index is 0.641. The van der Waals surface area contributed by atoms with Crippen molar-refractivity contribution in [1.82, 2.24) is 0 Å². The SMILES string of the molecule is C=C1C(=C)[C@H]2C=CC1C2. The van der Waals surface area contributed by atoms with E-state index < -0.39 is 0 Å². The Morgan fingerprint density at radius 2 is 1.56 bits per heavy atom. The fraction of sp³-hybridized carbons (Fsp3) is 0.333. The molecule has 0 N–H and O–H groups in total. The van der Waals surface area contributed by atoms with Gasteiger partial charge in [-0.1, -0.05) is 25.3 Å². The highest BCUT2D eigenvalue weighted by Gasteiger charge is 2.32. The fourth-order valence-corrected chi connectivity index (χ4v) is 1.69. The average Bonchev–Trinajstić information content (AvgIpc) is 2.37. The summed E-state index contributed by atoms with van der Waals surface area (Å²) in [6.07, 6.45) is 5.75. The summed E-state index contributed by atoms with van der Waals surface area (Å²) in [6.45, 7) is 7.93. The number of rotatable bonds is 0. The number of allylic oxidation sites excluding steroid dienone is 4. The first-order chi connectivity index (χ1) is 4.29. The van der Waals surface area contributed by atoms with Crippen molar-refractivity contribution in [3.05, 3.63) is 36.5 Å². The van der Waals surface area contributed by atoms with Gasteiger partial charge in [-0.05, 0) is 17.6 Å². The molecule has 2 rings (SSSR count). The minimum absolute atomic E-state index is 0.641. The van der Waals surface area contributed by atoms with Crippen molar-refractivity contribution in [2.75, 3.05) is 0 Å². The van der Waals surface area contributed by atoms with Crippen molar-refractivity contribution in [3.8, 4) is 0 Å². The molecule has 0 spiro atoms. The van der Waals surface area contributed by atoms with Crippen LogP contribution in [0.5, 0.6) is 0 Å². The maximum Gasteiger partial charge on any atom is 0.00238 e. The Hall–Kier alpha value is -0.780. The molecule has 2 aliphatic rings. The van der Waals surface area contributed by atoms with Gasteiger partial charge in [-0.3, -0.25) is 0 Å². The lowest BCUT2D eigenvalue weighted by atomic mass is 9.98. The summed E-state index contributed by atoms with van der Waals surface area (Å²) >= 11 is 0. The monoisotopic (exact) mass is 118 g/mol. The van der Waals surface area contributed by atoms with Crippen molar-refractivity contribution < 1.29 is 0 Å². The second kappa shape index (κ2) is 1.38. The third-order valence-electron chi connectivity index (χ3n) is 2.39. The van der Waals surface area contributed by atoms with Crippen LogP contribution in [0.3, 0.4) is 0 Å². The number of hydrogen-bond donors (Lipinski definition) is 0. The molecule has 9 heavy (non-hydrogen) atoms. The molecule has 0 heterocycles. The Morgan fingerprint density at radius 1 is 1.11 bits per heavy atom. The summed E-state index contributed by atoms with van der Waals surface area (Å²) in [5.41, 5.74) is 2.53. The van der Waals surface area contributed by atoms with E-state index in [9.17, 15) is 0 Å². The van der Waals surface area contributed by atoms with Crippen molar-refractivity contribution >= 4 is 0 Å². The molecular formula is C9H10. The summed E-state index contributed by atoms with van der Waals surface area (Å²) in [5.74, 6) is 1.28. The lowest BCUT2D eigenvalue weighted by molar-refractivity contribution is 0.737. The van der Waals surface area contributed by atoms with E-state index in [2.05, 4.69) is 25.3 Å². The van der Waals surface area contributed by atoms with Crippen molar-refractivity contribution in [3.63, 3.8) is 0 Å². The molecule has 0 aliphatic heterocycles. The van der Waals surface area contributed by atoms with Crippen molar-refractivity contribution in [2.45, 2.75) is 6.42 Å². The van der Waals surface area contributed by atoms with E-state index in [-0.39, 0.29) is 0 Å². The first-order valence-corrected chi connectivity index (χ1v) is 3.35. The first kappa shape index (κ1) is 5.04. The smallest absolute Gasteiger partial charge is 0.00238 e. The summed E-state index contributed by atoms with van der Waals surface area (Å²) in [4.78, 5) is 0. The lowest BCUT2D eigenvalue weighted by Gasteiger charge is -2.07. The van der Waals surface area contributed by atoms with Crippen LogP contribution in [0.15, 0.2) is 36.5 Å². The second-order valence-corrected chi connectivity index (χ2v) is 2.88. The van der Waals surface area contributed by atoms with Gasteiger partial charge in [-0.25, -0.2) is 0 Å². The molecule has 0 heteroatoms. The summed E-state index contributed by atoms with van der Waals surface area (Å²) in [7, 11) is 0. The van der Waals surface area contributed by atoms with Crippen LogP contribution in [0.4, 0.5) is 0 Å². The normalized spacial score (nSPS) is 38.7. The molecule has 46 valence electrons. The molecule has 1 fully saturated rings. The van der Waals surface area contributed by atoms with Gasteiger partial charge in [0.15, 0.2) is 0 Å². The van der Waals surface area contributed by atoms with Crippen LogP contribution in [0, 0.1) is 11.8 Å². The van der Waals surface area contributed by atoms with Crippen LogP contribution in [-0.4, -0.2) is 0 Å². The van der Waals surface area contributed by atoms with Gasteiger partial charge in [0.2, 0.25) is 0 Å². The zero-order valence-electron chi connectivity index (χ0n) is 5.43. The highest BCUT2D eigenvalue weighted by molar-refractivity contribution is 5.44. The maximum atomic E-state index is 3.97. The third-order valence-corrected chi connectivity index (χ3v) is 2.39.